The summed E-state index contributed by atoms with van der Waals surface area (Å²) in [5.41, 5.74) is 0. The summed E-state index contributed by atoms with van der Waals surface area (Å²) < 4.78 is 5.51. The third-order valence-corrected chi connectivity index (χ3v) is 3.45. The van der Waals surface area contributed by atoms with Gasteiger partial charge in [-0.3, -0.25) is 9.59 Å². The number of carbonyl (C=O) groups is 2. The minimum Gasteiger partial charge on any atom is -0.494 e. The lowest BCUT2D eigenvalue weighted by atomic mass is 10.1. The van der Waals surface area contributed by atoms with E-state index in [2.05, 4.69) is 5.32 Å². The molecule has 0 bridgehead atoms. The number of nitrogens with zero attached hydrogens (tertiary/aromatic N) is 1. The zero-order chi connectivity index (χ0) is 15.2. The lowest BCUT2D eigenvalue weighted by Crippen LogP contribution is -2.38. The molecule has 1 aliphatic heterocycles. The number of para-hydroxylation sites is 1. The van der Waals surface area contributed by atoms with E-state index in [1.54, 1.807) is 7.05 Å². The zero-order valence-corrected chi connectivity index (χ0v) is 12.0. The molecular formula is C15H20N2O4. The van der Waals surface area contributed by atoms with Crippen LogP contribution in [0.25, 0.3) is 0 Å². The van der Waals surface area contributed by atoms with Crippen molar-refractivity contribution in [3.05, 3.63) is 30.3 Å². The van der Waals surface area contributed by atoms with Crippen molar-refractivity contribution in [2.24, 2.45) is 5.92 Å². The van der Waals surface area contributed by atoms with Crippen molar-refractivity contribution in [2.75, 3.05) is 26.7 Å². The molecule has 6 nitrogen and oxygen atoms in total. The van der Waals surface area contributed by atoms with Gasteiger partial charge in [0.25, 0.3) is 5.91 Å². The maximum Gasteiger partial charge on any atom is 0.252 e. The highest BCUT2D eigenvalue weighted by atomic mass is 16.5. The van der Waals surface area contributed by atoms with E-state index in [0.29, 0.717) is 19.6 Å². The Hall–Kier alpha value is -2.08. The van der Waals surface area contributed by atoms with E-state index in [4.69, 9.17) is 4.74 Å². The number of aliphatic hydroxyl groups excluding tert-OH is 1. The Labute approximate surface area is 123 Å². The molecule has 0 spiro atoms. The van der Waals surface area contributed by atoms with Gasteiger partial charge in [0.1, 0.15) is 11.9 Å². The molecule has 0 saturated carbocycles. The van der Waals surface area contributed by atoms with Gasteiger partial charge >= 0.3 is 0 Å². The maximum atomic E-state index is 11.9. The van der Waals surface area contributed by atoms with Crippen molar-refractivity contribution in [3.63, 3.8) is 0 Å². The fourth-order valence-electron chi connectivity index (χ4n) is 2.23. The van der Waals surface area contributed by atoms with E-state index in [0.717, 1.165) is 5.75 Å². The van der Waals surface area contributed by atoms with Gasteiger partial charge in [0.05, 0.1) is 12.5 Å². The Morgan fingerprint density at radius 2 is 2.14 bits per heavy atom. The fourth-order valence-corrected chi connectivity index (χ4v) is 2.23. The van der Waals surface area contributed by atoms with Crippen LogP contribution in [0.15, 0.2) is 30.3 Å². The maximum absolute atomic E-state index is 11.9. The Kier molecular flexibility index (Phi) is 5.16. The van der Waals surface area contributed by atoms with E-state index in [1.165, 1.54) is 4.90 Å². The summed E-state index contributed by atoms with van der Waals surface area (Å²) >= 11 is 0. The normalized spacial score (nSPS) is 21.4. The third kappa shape index (κ3) is 3.95. The minimum absolute atomic E-state index is 0.256. The van der Waals surface area contributed by atoms with Crippen molar-refractivity contribution in [2.45, 2.75) is 12.5 Å². The number of nitrogens with one attached hydrogen (secondary N) is 1. The summed E-state index contributed by atoms with van der Waals surface area (Å²) in [6, 6.07) is 9.44. The van der Waals surface area contributed by atoms with Gasteiger partial charge in [-0.15, -0.1) is 0 Å². The summed E-state index contributed by atoms with van der Waals surface area (Å²) in [4.78, 5) is 24.7. The third-order valence-electron chi connectivity index (χ3n) is 3.45. The highest BCUT2D eigenvalue weighted by Gasteiger charge is 2.41. The zero-order valence-electron chi connectivity index (χ0n) is 12.0. The SMILES string of the molecule is CN1C[C@@H](C(=O)NCCCOc2ccccc2)C(O)C1=O. The molecule has 1 aromatic rings. The molecule has 6 heteroatoms. The number of benzene rings is 1. The summed E-state index contributed by atoms with van der Waals surface area (Å²) in [6.07, 6.45) is -0.566. The van der Waals surface area contributed by atoms with Crippen molar-refractivity contribution in [1.29, 1.82) is 0 Å². The van der Waals surface area contributed by atoms with Gasteiger partial charge in [0.2, 0.25) is 5.91 Å². The lowest BCUT2D eigenvalue weighted by Gasteiger charge is -2.12. The van der Waals surface area contributed by atoms with Crippen molar-refractivity contribution < 1.29 is 19.4 Å². The van der Waals surface area contributed by atoms with E-state index < -0.39 is 17.9 Å². The molecule has 0 radical (unpaired) electrons. The average molecular weight is 292 g/mol. The molecule has 1 unspecified atom stereocenters. The fraction of sp³-hybridized carbons (Fsp3) is 0.467. The van der Waals surface area contributed by atoms with Crippen LogP contribution in [-0.4, -0.2) is 54.7 Å². The number of aliphatic hydroxyl groups is 1. The molecule has 1 heterocycles. The molecule has 0 aromatic heterocycles. The molecule has 2 atom stereocenters. The van der Waals surface area contributed by atoms with E-state index in [9.17, 15) is 14.7 Å². The van der Waals surface area contributed by atoms with Crippen LogP contribution in [0.5, 0.6) is 5.75 Å². The van der Waals surface area contributed by atoms with Crippen LogP contribution in [0.4, 0.5) is 0 Å². The standard InChI is InChI=1S/C15H20N2O4/c1-17-10-12(13(18)15(17)20)14(19)16-8-5-9-21-11-6-3-2-4-7-11/h2-4,6-7,12-13,18H,5,8-10H2,1H3,(H,16,19)/t12-,13?/m1/s1. The number of likely N-dealkylation sites (tertiary alicyclic amines) is 1. The van der Waals surface area contributed by atoms with Gasteiger partial charge in [-0.05, 0) is 18.6 Å². The molecule has 0 aliphatic carbocycles. The smallest absolute Gasteiger partial charge is 0.252 e. The van der Waals surface area contributed by atoms with Gasteiger partial charge in [0, 0.05) is 20.1 Å². The molecule has 1 saturated heterocycles. The van der Waals surface area contributed by atoms with E-state index in [-0.39, 0.29) is 12.5 Å². The van der Waals surface area contributed by atoms with Crippen LogP contribution in [0, 0.1) is 5.92 Å². The summed E-state index contributed by atoms with van der Waals surface area (Å²) in [7, 11) is 1.58. The molecule has 1 aromatic carbocycles. The first-order valence-corrected chi connectivity index (χ1v) is 6.98. The van der Waals surface area contributed by atoms with Crippen LogP contribution in [0.1, 0.15) is 6.42 Å². The number of amides is 2. The van der Waals surface area contributed by atoms with E-state index in [1.807, 2.05) is 30.3 Å². The minimum atomic E-state index is -1.23. The van der Waals surface area contributed by atoms with Gasteiger partial charge in [-0.25, -0.2) is 0 Å². The first kappa shape index (κ1) is 15.3. The molecule has 1 fully saturated rings. The summed E-state index contributed by atoms with van der Waals surface area (Å²) in [5.74, 6) is -0.581. The monoisotopic (exact) mass is 292 g/mol. The predicted octanol–water partition coefficient (Wildman–Crippen LogP) is 0.0208. The van der Waals surface area contributed by atoms with Crippen LogP contribution in [0.3, 0.4) is 0 Å². The largest absolute Gasteiger partial charge is 0.494 e. The summed E-state index contributed by atoms with van der Waals surface area (Å²) in [6.45, 7) is 1.20. The molecule has 21 heavy (non-hydrogen) atoms. The van der Waals surface area contributed by atoms with Gasteiger partial charge < -0.3 is 20.1 Å². The average Bonchev–Trinajstić information content (AvgIpc) is 2.75. The van der Waals surface area contributed by atoms with Crippen LogP contribution >= 0.6 is 0 Å². The molecule has 114 valence electrons. The van der Waals surface area contributed by atoms with Gasteiger partial charge in [-0.2, -0.15) is 0 Å². The molecule has 2 amide bonds. The molecule has 1 aliphatic rings. The number of hydrogen-bond donors (Lipinski definition) is 2. The van der Waals surface area contributed by atoms with Crippen LogP contribution < -0.4 is 10.1 Å². The highest BCUT2D eigenvalue weighted by molar-refractivity contribution is 5.92. The second kappa shape index (κ2) is 7.08. The number of ether oxygens (including phenoxy) is 1. The first-order chi connectivity index (χ1) is 10.1. The van der Waals surface area contributed by atoms with Crippen molar-refractivity contribution in [3.8, 4) is 5.75 Å². The van der Waals surface area contributed by atoms with Crippen molar-refractivity contribution >= 4 is 11.8 Å². The Morgan fingerprint density at radius 3 is 2.76 bits per heavy atom. The van der Waals surface area contributed by atoms with Gasteiger partial charge in [0.15, 0.2) is 0 Å². The van der Waals surface area contributed by atoms with Crippen molar-refractivity contribution in [1.82, 2.24) is 10.2 Å². The second-order valence-electron chi connectivity index (χ2n) is 5.08. The summed E-state index contributed by atoms with van der Waals surface area (Å²) in [5, 5.41) is 12.4. The Balaban J connectivity index is 1.65. The predicted molar refractivity (Wildman–Crippen MR) is 76.7 cm³/mol. The Morgan fingerprint density at radius 1 is 1.43 bits per heavy atom. The Bertz CT molecular complexity index is 492. The second-order valence-corrected chi connectivity index (χ2v) is 5.08. The van der Waals surface area contributed by atoms with Crippen LogP contribution in [-0.2, 0) is 9.59 Å². The molecule has 2 rings (SSSR count). The lowest BCUT2D eigenvalue weighted by molar-refractivity contribution is -0.137. The number of carbonyl (C=O) groups excluding carboxylic acids is 2. The quantitative estimate of drug-likeness (QED) is 0.725. The highest BCUT2D eigenvalue weighted by Crippen LogP contribution is 2.16. The number of likely N-dealkylation sites (N-methyl/N-ethyl adjacent to an activating group) is 1. The first-order valence-electron chi connectivity index (χ1n) is 6.98. The topological polar surface area (TPSA) is 78.9 Å². The number of hydrogen-bond acceptors (Lipinski definition) is 4. The van der Waals surface area contributed by atoms with Crippen LogP contribution in [0.2, 0.25) is 0 Å². The molecule has 2 N–H and O–H groups in total. The molecular weight excluding hydrogens is 272 g/mol. The van der Waals surface area contributed by atoms with Gasteiger partial charge in [-0.1, -0.05) is 18.2 Å². The van der Waals surface area contributed by atoms with E-state index >= 15 is 0 Å². The number of rotatable bonds is 6.